The molecule has 0 bridgehead atoms. The Balaban J connectivity index is 1.65. The molecule has 3 heterocycles. The van der Waals surface area contributed by atoms with E-state index < -0.39 is 23.5 Å². The number of aryl methyl sites for hydroxylation is 1. The number of hydrogen-bond acceptors (Lipinski definition) is 9. The number of Topliss-reactive ketones (excluding diaryl/α,β-unsaturated/α-hetero) is 1. The molecule has 0 aliphatic carbocycles. The number of carbonyl (C=O) groups is 2. The van der Waals surface area contributed by atoms with Crippen LogP contribution in [0.25, 0.3) is 16.0 Å². The van der Waals surface area contributed by atoms with Crippen LogP contribution >= 0.6 is 11.3 Å². The van der Waals surface area contributed by atoms with Gasteiger partial charge in [-0.15, -0.1) is 0 Å². The third kappa shape index (κ3) is 4.68. The number of imidazole rings is 1. The topological polar surface area (TPSA) is 106 Å². The molecule has 0 spiro atoms. The number of amides is 1. The van der Waals surface area contributed by atoms with Gasteiger partial charge in [-0.3, -0.25) is 14.0 Å². The fraction of sp³-hybridized carbons (Fsp3) is 0.367. The largest absolute Gasteiger partial charge is 0.503 e. The van der Waals surface area contributed by atoms with Gasteiger partial charge in [0, 0.05) is 18.8 Å². The zero-order valence-electron chi connectivity index (χ0n) is 24.1. The average Bonchev–Trinajstić information content (AvgIpc) is 3.60. The van der Waals surface area contributed by atoms with E-state index in [0.717, 1.165) is 24.1 Å². The van der Waals surface area contributed by atoms with Crippen LogP contribution in [0.5, 0.6) is 17.2 Å². The first-order valence-electron chi connectivity index (χ1n) is 13.5. The molecule has 11 heteroatoms. The van der Waals surface area contributed by atoms with Gasteiger partial charge in [0.15, 0.2) is 22.2 Å². The summed E-state index contributed by atoms with van der Waals surface area (Å²) in [6.45, 7) is 8.45. The molecule has 1 atom stereocenters. The Labute approximate surface area is 242 Å². The summed E-state index contributed by atoms with van der Waals surface area (Å²) in [7, 11) is 4.52. The Kier molecular flexibility index (Phi) is 7.92. The number of ketones is 1. The standard InChI is InChI=1S/C30H34N4O6S/c1-7-32(8-2)13-14-33-24(18-15-21(38-4)27(40-6)22(16-18)39-5)23(26(36)29(33)37)25(35)28-17(3)34-20-12-10-9-11-19(20)31-30(34)41-28/h9-12,15-16,24,36H,7-8,13-14H2,1-6H3. The van der Waals surface area contributed by atoms with Gasteiger partial charge in [-0.25, -0.2) is 4.98 Å². The van der Waals surface area contributed by atoms with E-state index in [2.05, 4.69) is 23.7 Å². The molecule has 2 aromatic heterocycles. The number of fused-ring (bicyclic) bond motifs is 3. The number of aliphatic hydroxyl groups is 1. The van der Waals surface area contributed by atoms with Gasteiger partial charge in [-0.1, -0.05) is 37.3 Å². The average molecular weight is 579 g/mol. The van der Waals surface area contributed by atoms with Crippen LogP contribution in [0.1, 0.15) is 40.8 Å². The molecular formula is C30H34N4O6S. The quantitative estimate of drug-likeness (QED) is 0.253. The minimum Gasteiger partial charge on any atom is -0.503 e. The lowest BCUT2D eigenvalue weighted by molar-refractivity contribution is -0.129. The van der Waals surface area contributed by atoms with Gasteiger partial charge in [0.1, 0.15) is 0 Å². The second kappa shape index (κ2) is 11.4. The molecule has 1 amide bonds. The summed E-state index contributed by atoms with van der Waals surface area (Å²) in [5, 5.41) is 11.3. The molecule has 1 unspecified atom stereocenters. The van der Waals surface area contributed by atoms with Crippen molar-refractivity contribution < 1.29 is 28.9 Å². The SMILES string of the molecule is CCN(CC)CCN1C(=O)C(O)=C(C(=O)c2sc3nc4ccccc4n3c2C)C1c1cc(OC)c(OC)c(OC)c1. The molecule has 216 valence electrons. The third-order valence-electron chi connectivity index (χ3n) is 7.70. The predicted octanol–water partition coefficient (Wildman–Crippen LogP) is 4.80. The van der Waals surface area contributed by atoms with Crippen molar-refractivity contribution in [1.29, 1.82) is 0 Å². The normalized spacial score (nSPS) is 15.5. The number of methoxy groups -OCH3 is 3. The molecule has 0 saturated heterocycles. The van der Waals surface area contributed by atoms with Crippen molar-refractivity contribution >= 4 is 39.0 Å². The fourth-order valence-corrected chi connectivity index (χ4v) is 6.60. The van der Waals surface area contributed by atoms with E-state index in [4.69, 9.17) is 14.2 Å². The van der Waals surface area contributed by atoms with Crippen molar-refractivity contribution in [1.82, 2.24) is 19.2 Å². The number of rotatable bonds is 11. The van der Waals surface area contributed by atoms with Crippen LogP contribution in [-0.4, -0.2) is 83.5 Å². The molecule has 2 aromatic carbocycles. The van der Waals surface area contributed by atoms with E-state index in [0.29, 0.717) is 51.4 Å². The third-order valence-corrected chi connectivity index (χ3v) is 8.84. The lowest BCUT2D eigenvalue weighted by Crippen LogP contribution is -2.38. The summed E-state index contributed by atoms with van der Waals surface area (Å²) in [6.07, 6.45) is 0. The van der Waals surface area contributed by atoms with Gasteiger partial charge in [0.25, 0.3) is 5.91 Å². The fourth-order valence-electron chi connectivity index (χ4n) is 5.51. The smallest absolute Gasteiger partial charge is 0.290 e. The molecule has 1 aliphatic rings. The highest BCUT2D eigenvalue weighted by atomic mass is 32.1. The molecular weight excluding hydrogens is 544 g/mol. The predicted molar refractivity (Wildman–Crippen MR) is 158 cm³/mol. The summed E-state index contributed by atoms with van der Waals surface area (Å²) >= 11 is 1.24. The maximum absolute atomic E-state index is 14.3. The Bertz CT molecular complexity index is 1640. The molecule has 41 heavy (non-hydrogen) atoms. The van der Waals surface area contributed by atoms with Crippen LogP contribution in [-0.2, 0) is 4.79 Å². The number of thiazole rings is 1. The van der Waals surface area contributed by atoms with Gasteiger partial charge < -0.3 is 29.1 Å². The van der Waals surface area contributed by atoms with Crippen LogP contribution in [0.2, 0.25) is 0 Å². The van der Waals surface area contributed by atoms with Crippen molar-refractivity contribution in [3.63, 3.8) is 0 Å². The second-order valence-electron chi connectivity index (χ2n) is 9.71. The second-order valence-corrected chi connectivity index (χ2v) is 10.7. The van der Waals surface area contributed by atoms with E-state index in [1.165, 1.54) is 32.7 Å². The molecule has 4 aromatic rings. The summed E-state index contributed by atoms with van der Waals surface area (Å²) in [5.74, 6) is -0.410. The van der Waals surface area contributed by atoms with Gasteiger partial charge in [-0.05, 0) is 49.8 Å². The lowest BCUT2D eigenvalue weighted by Gasteiger charge is -2.30. The number of aliphatic hydroxyl groups excluding tert-OH is 1. The first-order valence-corrected chi connectivity index (χ1v) is 14.3. The van der Waals surface area contributed by atoms with Crippen molar-refractivity contribution in [2.24, 2.45) is 0 Å². The highest BCUT2D eigenvalue weighted by Gasteiger charge is 2.45. The number of benzene rings is 2. The van der Waals surface area contributed by atoms with Gasteiger partial charge in [-0.2, -0.15) is 0 Å². The molecule has 1 N–H and O–H groups in total. The zero-order chi connectivity index (χ0) is 29.4. The van der Waals surface area contributed by atoms with Crippen molar-refractivity contribution in [2.45, 2.75) is 26.8 Å². The van der Waals surface area contributed by atoms with E-state index in [1.807, 2.05) is 35.6 Å². The lowest BCUT2D eigenvalue weighted by atomic mass is 9.94. The van der Waals surface area contributed by atoms with E-state index in [-0.39, 0.29) is 5.57 Å². The van der Waals surface area contributed by atoms with Crippen LogP contribution < -0.4 is 14.2 Å². The molecule has 5 rings (SSSR count). The Hall–Kier alpha value is -4.09. The van der Waals surface area contributed by atoms with Crippen LogP contribution in [0.15, 0.2) is 47.7 Å². The van der Waals surface area contributed by atoms with Crippen molar-refractivity contribution in [2.75, 3.05) is 47.5 Å². The summed E-state index contributed by atoms with van der Waals surface area (Å²) in [4.78, 5) is 37.4. The number of para-hydroxylation sites is 2. The number of carbonyl (C=O) groups excluding carboxylic acids is 2. The first-order chi connectivity index (χ1) is 19.8. The van der Waals surface area contributed by atoms with Gasteiger partial charge in [0.05, 0.1) is 48.9 Å². The molecule has 10 nitrogen and oxygen atoms in total. The summed E-state index contributed by atoms with van der Waals surface area (Å²) in [5.41, 5.74) is 2.99. The van der Waals surface area contributed by atoms with Crippen molar-refractivity contribution in [3.8, 4) is 17.2 Å². The minimum absolute atomic E-state index is 0.0146. The number of ether oxygens (including phenoxy) is 3. The Morgan fingerprint density at radius 2 is 1.73 bits per heavy atom. The summed E-state index contributed by atoms with van der Waals surface area (Å²) < 4.78 is 18.6. The maximum atomic E-state index is 14.3. The zero-order valence-corrected chi connectivity index (χ0v) is 24.9. The van der Waals surface area contributed by atoms with Crippen LogP contribution in [0, 0.1) is 6.92 Å². The number of aromatic nitrogens is 2. The molecule has 0 radical (unpaired) electrons. The first kappa shape index (κ1) is 28.4. The van der Waals surface area contributed by atoms with E-state index in [9.17, 15) is 14.7 Å². The number of hydrogen-bond donors (Lipinski definition) is 1. The van der Waals surface area contributed by atoms with Crippen molar-refractivity contribution in [3.05, 3.63) is 63.9 Å². The minimum atomic E-state index is -0.871. The van der Waals surface area contributed by atoms with Crippen LogP contribution in [0.3, 0.4) is 0 Å². The molecule has 0 saturated carbocycles. The van der Waals surface area contributed by atoms with Crippen LogP contribution in [0.4, 0.5) is 0 Å². The van der Waals surface area contributed by atoms with Gasteiger partial charge >= 0.3 is 0 Å². The number of nitrogens with zero attached hydrogens (tertiary/aromatic N) is 4. The Morgan fingerprint density at radius 1 is 1.07 bits per heavy atom. The maximum Gasteiger partial charge on any atom is 0.290 e. The summed E-state index contributed by atoms with van der Waals surface area (Å²) in [6, 6.07) is 10.3. The van der Waals surface area contributed by atoms with E-state index >= 15 is 0 Å². The highest BCUT2D eigenvalue weighted by Crippen LogP contribution is 2.46. The van der Waals surface area contributed by atoms with E-state index in [1.54, 1.807) is 17.0 Å². The molecule has 0 fully saturated rings. The monoisotopic (exact) mass is 578 g/mol. The number of likely N-dealkylation sites (N-methyl/N-ethyl adjacent to an activating group) is 1. The van der Waals surface area contributed by atoms with Gasteiger partial charge in [0.2, 0.25) is 11.5 Å². The Morgan fingerprint density at radius 3 is 2.34 bits per heavy atom. The molecule has 1 aliphatic heterocycles. The highest BCUT2D eigenvalue weighted by molar-refractivity contribution is 7.19.